The molecule has 1 atom stereocenters. The lowest BCUT2D eigenvalue weighted by molar-refractivity contribution is -0.133. The Morgan fingerprint density at radius 1 is 1.06 bits per heavy atom. The molecular weight excluding hydrogens is 414 g/mol. The lowest BCUT2D eigenvalue weighted by Crippen LogP contribution is -2.70. The van der Waals surface area contributed by atoms with Gasteiger partial charge in [-0.15, -0.1) is 0 Å². The Balaban J connectivity index is 1.98. The number of amides is 2. The highest BCUT2D eigenvalue weighted by molar-refractivity contribution is 7.88. The van der Waals surface area contributed by atoms with E-state index in [0.717, 1.165) is 32.8 Å². The molecule has 1 heterocycles. The van der Waals surface area contributed by atoms with E-state index in [1.54, 1.807) is 6.92 Å². The van der Waals surface area contributed by atoms with E-state index in [4.69, 9.17) is 0 Å². The standard InChI is InChI=1S/C23H29N3O4S/c1-16-6-9-19(10-7-16)13-24-22(28)23(4)15-25(31(5,29)30)14-21(27)26(23)20-11-8-17(2)12-18(20)3/h6-12H,13-15H2,1-5H3,(H,24,28)/t23-/m1/s1. The van der Waals surface area contributed by atoms with Crippen LogP contribution in [-0.4, -0.2) is 49.4 Å². The summed E-state index contributed by atoms with van der Waals surface area (Å²) in [5.41, 5.74) is 3.13. The second-order valence-corrected chi connectivity index (χ2v) is 10.5. The number of aryl methyl sites for hydroxylation is 3. The highest BCUT2D eigenvalue weighted by Crippen LogP contribution is 2.33. The van der Waals surface area contributed by atoms with Gasteiger partial charge in [-0.25, -0.2) is 8.42 Å². The third-order valence-electron chi connectivity index (χ3n) is 5.66. The molecule has 2 aromatic carbocycles. The van der Waals surface area contributed by atoms with Crippen molar-refractivity contribution in [1.82, 2.24) is 9.62 Å². The van der Waals surface area contributed by atoms with E-state index in [1.165, 1.54) is 4.90 Å². The van der Waals surface area contributed by atoms with Gasteiger partial charge in [0.1, 0.15) is 5.54 Å². The summed E-state index contributed by atoms with van der Waals surface area (Å²) in [6.45, 7) is 7.29. The number of sulfonamides is 1. The van der Waals surface area contributed by atoms with Crippen LogP contribution in [0.15, 0.2) is 42.5 Å². The van der Waals surface area contributed by atoms with Gasteiger partial charge in [0.15, 0.2) is 0 Å². The molecule has 1 aliphatic heterocycles. The van der Waals surface area contributed by atoms with Crippen molar-refractivity contribution in [1.29, 1.82) is 0 Å². The van der Waals surface area contributed by atoms with Crippen molar-refractivity contribution in [2.75, 3.05) is 24.2 Å². The molecule has 1 N–H and O–H groups in total. The van der Waals surface area contributed by atoms with Crippen LogP contribution in [0.25, 0.3) is 0 Å². The molecule has 1 aliphatic rings. The van der Waals surface area contributed by atoms with Gasteiger partial charge >= 0.3 is 0 Å². The highest BCUT2D eigenvalue weighted by Gasteiger charge is 2.50. The van der Waals surface area contributed by atoms with Gasteiger partial charge < -0.3 is 5.32 Å². The summed E-state index contributed by atoms with van der Waals surface area (Å²) in [6, 6.07) is 13.4. The number of piperazine rings is 1. The van der Waals surface area contributed by atoms with Gasteiger partial charge in [0.2, 0.25) is 21.8 Å². The van der Waals surface area contributed by atoms with Crippen LogP contribution in [-0.2, 0) is 26.2 Å². The van der Waals surface area contributed by atoms with Crippen LogP contribution in [0, 0.1) is 20.8 Å². The van der Waals surface area contributed by atoms with E-state index < -0.39 is 27.4 Å². The van der Waals surface area contributed by atoms with Gasteiger partial charge in [-0.3, -0.25) is 14.5 Å². The molecule has 2 amide bonds. The van der Waals surface area contributed by atoms with E-state index in [0.29, 0.717) is 5.69 Å². The zero-order chi connectivity index (χ0) is 23.0. The summed E-state index contributed by atoms with van der Waals surface area (Å²) in [5.74, 6) is -0.841. The number of benzene rings is 2. The van der Waals surface area contributed by atoms with E-state index in [2.05, 4.69) is 5.32 Å². The Kier molecular flexibility index (Phi) is 6.25. The van der Waals surface area contributed by atoms with E-state index in [9.17, 15) is 18.0 Å². The molecule has 1 saturated heterocycles. The van der Waals surface area contributed by atoms with Crippen molar-refractivity contribution in [3.63, 3.8) is 0 Å². The second-order valence-electron chi connectivity index (χ2n) is 8.49. The van der Waals surface area contributed by atoms with Gasteiger partial charge in [0.05, 0.1) is 12.8 Å². The number of anilines is 1. The Morgan fingerprint density at radius 3 is 2.26 bits per heavy atom. The summed E-state index contributed by atoms with van der Waals surface area (Å²) in [7, 11) is -3.65. The molecule has 0 unspecified atom stereocenters. The van der Waals surface area contributed by atoms with Crippen molar-refractivity contribution in [2.24, 2.45) is 0 Å². The zero-order valence-electron chi connectivity index (χ0n) is 18.6. The fourth-order valence-corrected chi connectivity index (χ4v) is 4.74. The molecule has 7 nitrogen and oxygen atoms in total. The molecule has 1 fully saturated rings. The van der Waals surface area contributed by atoms with Gasteiger partial charge in [-0.05, 0) is 44.9 Å². The van der Waals surface area contributed by atoms with Crippen molar-refractivity contribution in [3.8, 4) is 0 Å². The van der Waals surface area contributed by atoms with Crippen LogP contribution in [0.1, 0.15) is 29.2 Å². The Morgan fingerprint density at radius 2 is 1.68 bits per heavy atom. The fraction of sp³-hybridized carbons (Fsp3) is 0.391. The Bertz CT molecular complexity index is 1110. The molecule has 166 valence electrons. The number of nitrogens with one attached hydrogen (secondary N) is 1. The average molecular weight is 444 g/mol. The molecule has 0 radical (unpaired) electrons. The Labute approximate surface area is 184 Å². The summed E-state index contributed by atoms with van der Waals surface area (Å²) in [5, 5.41) is 2.90. The average Bonchev–Trinajstić information content (AvgIpc) is 2.67. The molecule has 0 bridgehead atoms. The SMILES string of the molecule is Cc1ccc(CNC(=O)[C@@]2(C)CN(S(C)(=O)=O)CC(=O)N2c2ccc(C)cc2C)cc1. The molecule has 0 spiro atoms. The molecule has 0 aliphatic carbocycles. The number of rotatable bonds is 5. The van der Waals surface area contributed by atoms with Crippen molar-refractivity contribution < 1.29 is 18.0 Å². The molecule has 2 aromatic rings. The maximum Gasteiger partial charge on any atom is 0.247 e. The highest BCUT2D eigenvalue weighted by atomic mass is 32.2. The fourth-order valence-electron chi connectivity index (χ4n) is 3.91. The van der Waals surface area contributed by atoms with Crippen LogP contribution < -0.4 is 10.2 Å². The maximum atomic E-state index is 13.4. The summed E-state index contributed by atoms with van der Waals surface area (Å²) >= 11 is 0. The zero-order valence-corrected chi connectivity index (χ0v) is 19.4. The van der Waals surface area contributed by atoms with Crippen LogP contribution in [0.3, 0.4) is 0 Å². The van der Waals surface area contributed by atoms with E-state index in [1.807, 2.05) is 63.2 Å². The van der Waals surface area contributed by atoms with Gasteiger partial charge in [-0.1, -0.05) is 47.5 Å². The minimum Gasteiger partial charge on any atom is -0.350 e. The van der Waals surface area contributed by atoms with Crippen LogP contribution in [0.5, 0.6) is 0 Å². The normalized spacial score (nSPS) is 20.0. The third-order valence-corrected chi connectivity index (χ3v) is 6.86. The molecular formula is C23H29N3O4S. The minimum atomic E-state index is -3.65. The third kappa shape index (κ3) is 4.80. The van der Waals surface area contributed by atoms with Gasteiger partial charge in [0, 0.05) is 18.8 Å². The minimum absolute atomic E-state index is 0.120. The molecule has 8 heteroatoms. The second kappa shape index (κ2) is 8.43. The lowest BCUT2D eigenvalue weighted by Gasteiger charge is -2.47. The first-order chi connectivity index (χ1) is 14.4. The lowest BCUT2D eigenvalue weighted by atomic mass is 9.93. The number of carbonyl (C=O) groups excluding carboxylic acids is 2. The molecule has 0 saturated carbocycles. The van der Waals surface area contributed by atoms with Crippen LogP contribution >= 0.6 is 0 Å². The quantitative estimate of drug-likeness (QED) is 0.768. The van der Waals surface area contributed by atoms with Crippen LogP contribution in [0.4, 0.5) is 5.69 Å². The predicted octanol–water partition coefficient (Wildman–Crippen LogP) is 2.30. The first-order valence-electron chi connectivity index (χ1n) is 10.1. The maximum absolute atomic E-state index is 13.4. The number of carbonyl (C=O) groups is 2. The van der Waals surface area contributed by atoms with Crippen molar-refractivity contribution >= 4 is 27.5 Å². The number of hydrogen-bond donors (Lipinski definition) is 1. The van der Waals surface area contributed by atoms with Crippen molar-refractivity contribution in [3.05, 3.63) is 64.7 Å². The topological polar surface area (TPSA) is 86.8 Å². The molecule has 0 aromatic heterocycles. The number of nitrogens with zero attached hydrogens (tertiary/aromatic N) is 2. The molecule has 31 heavy (non-hydrogen) atoms. The smallest absolute Gasteiger partial charge is 0.247 e. The first-order valence-corrected chi connectivity index (χ1v) is 12.0. The number of hydrogen-bond acceptors (Lipinski definition) is 4. The predicted molar refractivity (Wildman–Crippen MR) is 121 cm³/mol. The van der Waals surface area contributed by atoms with E-state index in [-0.39, 0.29) is 19.6 Å². The Hall–Kier alpha value is -2.71. The first kappa shape index (κ1) is 23.0. The monoisotopic (exact) mass is 443 g/mol. The van der Waals surface area contributed by atoms with Crippen LogP contribution in [0.2, 0.25) is 0 Å². The molecule has 3 rings (SSSR count). The largest absolute Gasteiger partial charge is 0.350 e. The van der Waals surface area contributed by atoms with Gasteiger partial charge in [-0.2, -0.15) is 4.31 Å². The summed E-state index contributed by atoms with van der Waals surface area (Å²) < 4.78 is 25.5. The van der Waals surface area contributed by atoms with Gasteiger partial charge in [0.25, 0.3) is 0 Å². The van der Waals surface area contributed by atoms with E-state index >= 15 is 0 Å². The summed E-state index contributed by atoms with van der Waals surface area (Å²) in [4.78, 5) is 28.0. The summed E-state index contributed by atoms with van der Waals surface area (Å²) in [6.07, 6.45) is 1.05. The van der Waals surface area contributed by atoms with Crippen molar-refractivity contribution in [2.45, 2.75) is 39.8 Å².